The van der Waals surface area contributed by atoms with Gasteiger partial charge in [0.2, 0.25) is 5.91 Å². The molecule has 0 radical (unpaired) electrons. The van der Waals surface area contributed by atoms with Gasteiger partial charge in [0.1, 0.15) is 5.82 Å². The molecule has 1 aromatic carbocycles. The molecule has 3 rings (SSSR count). The van der Waals surface area contributed by atoms with Crippen LogP contribution < -0.4 is 5.73 Å². The number of carbonyl (C=O) groups excluding carboxylic acids is 1. The number of halogens is 1. The van der Waals surface area contributed by atoms with Crippen LogP contribution in [0.25, 0.3) is 0 Å². The fraction of sp³-hybridized carbons (Fsp3) is 0.632. The van der Waals surface area contributed by atoms with Crippen molar-refractivity contribution in [2.45, 2.75) is 32.2 Å². The first-order chi connectivity index (χ1) is 11.7. The number of benzene rings is 1. The highest BCUT2D eigenvalue weighted by molar-refractivity contribution is 5.76. The monoisotopic (exact) mass is 333 g/mol. The van der Waals surface area contributed by atoms with Crippen LogP contribution >= 0.6 is 0 Å². The summed E-state index contributed by atoms with van der Waals surface area (Å²) in [5.41, 5.74) is 6.39. The van der Waals surface area contributed by atoms with Crippen molar-refractivity contribution >= 4 is 5.91 Å². The Labute approximate surface area is 143 Å². The molecule has 4 nitrogen and oxygen atoms in total. The zero-order chi connectivity index (χ0) is 16.9. The molecule has 1 aromatic rings. The van der Waals surface area contributed by atoms with Crippen LogP contribution in [-0.4, -0.2) is 48.4 Å². The van der Waals surface area contributed by atoms with Crippen LogP contribution in [0, 0.1) is 17.7 Å². The summed E-state index contributed by atoms with van der Waals surface area (Å²) in [7, 11) is 0. The Morgan fingerprint density at radius 2 is 1.92 bits per heavy atom. The fourth-order valence-electron chi connectivity index (χ4n) is 3.85. The highest BCUT2D eigenvalue weighted by Crippen LogP contribution is 2.35. The maximum absolute atomic E-state index is 13.8. The van der Waals surface area contributed by atoms with E-state index >= 15 is 0 Å². The molecule has 0 aromatic heterocycles. The quantitative estimate of drug-likeness (QED) is 0.899. The van der Waals surface area contributed by atoms with Gasteiger partial charge < -0.3 is 10.6 Å². The number of rotatable bonds is 5. The third-order valence-electron chi connectivity index (χ3n) is 5.42. The van der Waals surface area contributed by atoms with E-state index in [0.717, 1.165) is 57.5 Å². The minimum absolute atomic E-state index is 0.144. The Balaban J connectivity index is 1.46. The third-order valence-corrected chi connectivity index (χ3v) is 5.42. The first-order valence-electron chi connectivity index (χ1n) is 9.09. The minimum Gasteiger partial charge on any atom is -0.341 e. The average Bonchev–Trinajstić information content (AvgIpc) is 2.78. The van der Waals surface area contributed by atoms with Gasteiger partial charge in [-0.15, -0.1) is 0 Å². The molecule has 2 N–H and O–H groups in total. The molecular weight excluding hydrogens is 305 g/mol. The Morgan fingerprint density at radius 1 is 1.12 bits per heavy atom. The number of amides is 1. The molecule has 2 fully saturated rings. The predicted molar refractivity (Wildman–Crippen MR) is 92.8 cm³/mol. The van der Waals surface area contributed by atoms with E-state index in [1.54, 1.807) is 6.07 Å². The molecule has 1 heterocycles. The maximum Gasteiger partial charge on any atom is 0.222 e. The number of nitrogens with two attached hydrogens (primary N) is 1. The Bertz CT molecular complexity index is 559. The van der Waals surface area contributed by atoms with Crippen LogP contribution in [0.2, 0.25) is 0 Å². The predicted octanol–water partition coefficient (Wildman–Crippen LogP) is 2.24. The van der Waals surface area contributed by atoms with E-state index in [1.165, 1.54) is 6.07 Å². The summed E-state index contributed by atoms with van der Waals surface area (Å²) >= 11 is 0. The van der Waals surface area contributed by atoms with E-state index in [2.05, 4.69) is 4.90 Å². The summed E-state index contributed by atoms with van der Waals surface area (Å²) in [6.07, 6.45) is 3.84. The second-order valence-corrected chi connectivity index (χ2v) is 7.25. The van der Waals surface area contributed by atoms with Gasteiger partial charge in [-0.3, -0.25) is 9.69 Å². The van der Waals surface area contributed by atoms with Gasteiger partial charge >= 0.3 is 0 Å². The fourth-order valence-corrected chi connectivity index (χ4v) is 3.85. The molecule has 1 aliphatic heterocycles. The molecule has 1 amide bonds. The molecule has 1 saturated carbocycles. The maximum atomic E-state index is 13.8. The molecular formula is C19H28FN3O. The lowest BCUT2D eigenvalue weighted by Crippen LogP contribution is -2.38. The number of hydrogen-bond donors (Lipinski definition) is 1. The molecule has 5 heteroatoms. The van der Waals surface area contributed by atoms with Crippen molar-refractivity contribution in [3.8, 4) is 0 Å². The van der Waals surface area contributed by atoms with Crippen LogP contribution in [0.15, 0.2) is 24.3 Å². The summed E-state index contributed by atoms with van der Waals surface area (Å²) in [4.78, 5) is 16.7. The van der Waals surface area contributed by atoms with Gasteiger partial charge in [-0.1, -0.05) is 18.2 Å². The summed E-state index contributed by atoms with van der Waals surface area (Å²) in [5.74, 6) is 1.30. The highest BCUT2D eigenvalue weighted by Gasteiger charge is 2.31. The normalized spacial score (nSPS) is 25.2. The second kappa shape index (κ2) is 8.08. The van der Waals surface area contributed by atoms with E-state index < -0.39 is 0 Å². The van der Waals surface area contributed by atoms with E-state index in [0.29, 0.717) is 24.8 Å². The molecule has 132 valence electrons. The van der Waals surface area contributed by atoms with Crippen molar-refractivity contribution in [1.29, 1.82) is 0 Å². The Morgan fingerprint density at radius 3 is 2.67 bits per heavy atom. The summed E-state index contributed by atoms with van der Waals surface area (Å²) < 4.78 is 13.8. The van der Waals surface area contributed by atoms with Crippen molar-refractivity contribution < 1.29 is 9.18 Å². The molecule has 0 unspecified atom stereocenters. The van der Waals surface area contributed by atoms with E-state index in [1.807, 2.05) is 17.0 Å². The second-order valence-electron chi connectivity index (χ2n) is 7.25. The van der Waals surface area contributed by atoms with Crippen LogP contribution in [0.5, 0.6) is 0 Å². The van der Waals surface area contributed by atoms with E-state index in [-0.39, 0.29) is 11.7 Å². The van der Waals surface area contributed by atoms with Crippen molar-refractivity contribution in [2.24, 2.45) is 17.6 Å². The summed E-state index contributed by atoms with van der Waals surface area (Å²) in [6, 6.07) is 6.94. The van der Waals surface area contributed by atoms with Gasteiger partial charge in [-0.2, -0.15) is 0 Å². The molecule has 0 bridgehead atoms. The number of hydrogen-bond acceptors (Lipinski definition) is 3. The van der Waals surface area contributed by atoms with Gasteiger partial charge in [-0.25, -0.2) is 4.39 Å². The van der Waals surface area contributed by atoms with Gasteiger partial charge in [0, 0.05) is 44.7 Å². The zero-order valence-electron chi connectivity index (χ0n) is 14.3. The first-order valence-corrected chi connectivity index (χ1v) is 9.09. The minimum atomic E-state index is -0.144. The van der Waals surface area contributed by atoms with E-state index in [9.17, 15) is 9.18 Å². The first kappa shape index (κ1) is 17.4. The molecule has 2 aliphatic rings. The van der Waals surface area contributed by atoms with Crippen molar-refractivity contribution in [3.05, 3.63) is 35.6 Å². The van der Waals surface area contributed by atoms with Crippen LogP contribution in [0.1, 0.15) is 31.2 Å². The lowest BCUT2D eigenvalue weighted by Gasteiger charge is -2.35. The largest absolute Gasteiger partial charge is 0.341 e. The average molecular weight is 333 g/mol. The Hall–Kier alpha value is -1.46. The highest BCUT2D eigenvalue weighted by atomic mass is 19.1. The van der Waals surface area contributed by atoms with E-state index in [4.69, 9.17) is 5.73 Å². The van der Waals surface area contributed by atoms with Gasteiger partial charge in [0.15, 0.2) is 0 Å². The van der Waals surface area contributed by atoms with Crippen molar-refractivity contribution in [3.63, 3.8) is 0 Å². The van der Waals surface area contributed by atoms with Crippen LogP contribution in [0.4, 0.5) is 4.39 Å². The number of carbonyl (C=O) groups is 1. The SMILES string of the molecule is NCC1CC(CC(=O)N2CCCN(Cc3ccccc3F)CC2)C1. The number of nitrogens with zero attached hydrogens (tertiary/aromatic N) is 2. The zero-order valence-corrected chi connectivity index (χ0v) is 14.3. The molecule has 0 atom stereocenters. The molecule has 0 spiro atoms. The third kappa shape index (κ3) is 4.33. The standard InChI is InChI=1S/C19H28FN3O/c20-18-5-2-1-4-17(18)14-22-6-3-7-23(9-8-22)19(24)12-15-10-16(11-15)13-21/h1-2,4-5,15-16H,3,6-14,21H2. The lowest BCUT2D eigenvalue weighted by molar-refractivity contribution is -0.133. The lowest BCUT2D eigenvalue weighted by atomic mass is 9.73. The Kier molecular flexibility index (Phi) is 5.85. The molecule has 1 saturated heterocycles. The van der Waals surface area contributed by atoms with Crippen LogP contribution in [-0.2, 0) is 11.3 Å². The smallest absolute Gasteiger partial charge is 0.222 e. The van der Waals surface area contributed by atoms with Crippen LogP contribution in [0.3, 0.4) is 0 Å². The summed E-state index contributed by atoms with van der Waals surface area (Å²) in [6.45, 7) is 4.67. The topological polar surface area (TPSA) is 49.6 Å². The van der Waals surface area contributed by atoms with Crippen molar-refractivity contribution in [1.82, 2.24) is 9.80 Å². The van der Waals surface area contributed by atoms with Gasteiger partial charge in [-0.05, 0) is 43.7 Å². The van der Waals surface area contributed by atoms with Crippen molar-refractivity contribution in [2.75, 3.05) is 32.7 Å². The van der Waals surface area contributed by atoms with Gasteiger partial charge in [0.25, 0.3) is 0 Å². The van der Waals surface area contributed by atoms with Gasteiger partial charge in [0.05, 0.1) is 0 Å². The molecule has 24 heavy (non-hydrogen) atoms. The molecule has 1 aliphatic carbocycles. The summed E-state index contributed by atoms with van der Waals surface area (Å²) in [5, 5.41) is 0.